The lowest BCUT2D eigenvalue weighted by molar-refractivity contribution is -0.344. The van der Waals surface area contributed by atoms with E-state index in [1.807, 2.05) is 0 Å². The third-order valence-corrected chi connectivity index (χ3v) is 3.35. The Labute approximate surface area is 118 Å². The van der Waals surface area contributed by atoms with Crippen LogP contribution in [0, 0.1) is 0 Å². The van der Waals surface area contributed by atoms with Gasteiger partial charge < -0.3 is 51.3 Å². The third-order valence-electron chi connectivity index (χ3n) is 3.35. The fourth-order valence-corrected chi connectivity index (χ4v) is 1.96. The molecule has 124 valence electrons. The highest BCUT2D eigenvalue weighted by Gasteiger charge is 2.58. The van der Waals surface area contributed by atoms with Gasteiger partial charge in [0.1, 0.15) is 42.7 Å². The normalized spacial score (nSPS) is 41.3. The summed E-state index contributed by atoms with van der Waals surface area (Å²) in [5.41, 5.74) is 4.82. The summed E-state index contributed by atoms with van der Waals surface area (Å²) in [6.07, 6.45) is -14.4. The molecule has 0 aliphatic carbocycles. The molecule has 21 heavy (non-hydrogen) atoms. The summed E-state index contributed by atoms with van der Waals surface area (Å²) in [4.78, 5) is 11.1. The van der Waals surface area contributed by atoms with E-state index in [0.717, 1.165) is 0 Å². The predicted molar refractivity (Wildman–Crippen MR) is 62.1 cm³/mol. The van der Waals surface area contributed by atoms with E-state index < -0.39 is 61.0 Å². The molecule has 1 heterocycles. The second-order valence-corrected chi connectivity index (χ2v) is 4.80. The van der Waals surface area contributed by atoms with Crippen molar-refractivity contribution >= 4 is 5.91 Å². The zero-order chi connectivity index (χ0) is 16.5. The molecule has 0 aromatic rings. The molecule has 11 nitrogen and oxygen atoms in total. The molecule has 0 saturated carbocycles. The third kappa shape index (κ3) is 3.15. The molecule has 1 rings (SSSR count). The molecule has 8 atom stereocenters. The minimum Gasteiger partial charge on any atom is -0.394 e. The van der Waals surface area contributed by atoms with Gasteiger partial charge in [0, 0.05) is 0 Å². The van der Waals surface area contributed by atoms with Crippen molar-refractivity contribution in [1.29, 1.82) is 0 Å². The summed E-state index contributed by atoms with van der Waals surface area (Å²) in [5.74, 6) is -4.72. The Balaban J connectivity index is 3.03. The molecule has 8 unspecified atom stereocenters. The standard InChI is InChI=1S/C10H19NO10/c11-9(19)10(20)8(18)6(17)5(16)7(21-10)4(15)3(14)2(13)1-12/h2-8,12-18,20H,1H2,(H2,11,19). The lowest BCUT2D eigenvalue weighted by atomic mass is 9.87. The van der Waals surface area contributed by atoms with Crippen molar-refractivity contribution in [2.75, 3.05) is 6.61 Å². The number of ether oxygens (including phenoxy) is 1. The van der Waals surface area contributed by atoms with Gasteiger partial charge in [-0.05, 0) is 0 Å². The quantitative estimate of drug-likeness (QED) is 0.234. The number of carbonyl (C=O) groups excluding carboxylic acids is 1. The molecular formula is C10H19NO10. The van der Waals surface area contributed by atoms with Crippen molar-refractivity contribution in [3.05, 3.63) is 0 Å². The second-order valence-electron chi connectivity index (χ2n) is 4.80. The van der Waals surface area contributed by atoms with Crippen LogP contribution in [0.1, 0.15) is 0 Å². The zero-order valence-corrected chi connectivity index (χ0v) is 10.7. The molecule has 0 aromatic carbocycles. The second kappa shape index (κ2) is 6.48. The molecular weight excluding hydrogens is 294 g/mol. The number of aliphatic hydroxyl groups is 8. The van der Waals surface area contributed by atoms with Crippen LogP contribution in [0.25, 0.3) is 0 Å². The van der Waals surface area contributed by atoms with E-state index in [2.05, 4.69) is 4.74 Å². The van der Waals surface area contributed by atoms with Gasteiger partial charge in [0.25, 0.3) is 11.7 Å². The average molecular weight is 313 g/mol. The Morgan fingerprint density at radius 3 is 2.14 bits per heavy atom. The van der Waals surface area contributed by atoms with Gasteiger partial charge >= 0.3 is 0 Å². The first-order chi connectivity index (χ1) is 9.57. The summed E-state index contributed by atoms with van der Waals surface area (Å²) in [6.45, 7) is -0.938. The summed E-state index contributed by atoms with van der Waals surface area (Å²) in [6, 6.07) is 0. The lowest BCUT2D eigenvalue weighted by Crippen LogP contribution is -2.71. The summed E-state index contributed by atoms with van der Waals surface area (Å²) < 4.78 is 4.63. The Bertz CT molecular complexity index is 381. The van der Waals surface area contributed by atoms with Crippen LogP contribution in [0.3, 0.4) is 0 Å². The number of carbonyl (C=O) groups is 1. The van der Waals surface area contributed by atoms with Crippen LogP contribution in [-0.4, -0.2) is 102 Å². The van der Waals surface area contributed by atoms with Gasteiger partial charge in [0.2, 0.25) is 0 Å². The largest absolute Gasteiger partial charge is 0.394 e. The number of hydrogen-bond acceptors (Lipinski definition) is 10. The van der Waals surface area contributed by atoms with Crippen molar-refractivity contribution < 1.29 is 50.4 Å². The van der Waals surface area contributed by atoms with Gasteiger partial charge in [0.15, 0.2) is 0 Å². The van der Waals surface area contributed by atoms with E-state index in [-0.39, 0.29) is 0 Å². The molecule has 0 aromatic heterocycles. The van der Waals surface area contributed by atoms with E-state index in [9.17, 15) is 40.5 Å². The maximum atomic E-state index is 11.1. The molecule has 10 N–H and O–H groups in total. The topological polar surface area (TPSA) is 214 Å². The molecule has 1 saturated heterocycles. The van der Waals surface area contributed by atoms with E-state index >= 15 is 0 Å². The van der Waals surface area contributed by atoms with Gasteiger partial charge in [0.05, 0.1) is 6.61 Å². The SMILES string of the molecule is NC(=O)C1(O)OC(C(O)C(O)C(O)CO)C(O)C(O)C1O. The average Bonchev–Trinajstić information content (AvgIpc) is 2.46. The Kier molecular flexibility index (Phi) is 5.60. The first kappa shape index (κ1) is 18.2. The first-order valence-electron chi connectivity index (χ1n) is 5.97. The van der Waals surface area contributed by atoms with E-state index in [1.165, 1.54) is 0 Å². The molecule has 1 aliphatic rings. The van der Waals surface area contributed by atoms with Crippen molar-refractivity contribution in [2.24, 2.45) is 5.73 Å². The molecule has 0 bridgehead atoms. The maximum absolute atomic E-state index is 11.1. The molecule has 0 radical (unpaired) electrons. The van der Waals surface area contributed by atoms with Crippen LogP contribution in [0.15, 0.2) is 0 Å². The van der Waals surface area contributed by atoms with Gasteiger partial charge in [-0.15, -0.1) is 0 Å². The number of rotatable bonds is 5. The van der Waals surface area contributed by atoms with Crippen molar-refractivity contribution in [3.63, 3.8) is 0 Å². The van der Waals surface area contributed by atoms with Gasteiger partial charge in [-0.2, -0.15) is 0 Å². The van der Waals surface area contributed by atoms with Crippen molar-refractivity contribution in [2.45, 2.75) is 48.5 Å². The highest BCUT2D eigenvalue weighted by molar-refractivity contribution is 5.82. The van der Waals surface area contributed by atoms with Crippen molar-refractivity contribution in [1.82, 2.24) is 0 Å². The number of aliphatic hydroxyl groups excluding tert-OH is 7. The number of amides is 1. The summed E-state index contributed by atoms with van der Waals surface area (Å²) in [7, 11) is 0. The highest BCUT2D eigenvalue weighted by atomic mass is 16.7. The number of nitrogens with two attached hydrogens (primary N) is 1. The fourth-order valence-electron chi connectivity index (χ4n) is 1.96. The molecule has 1 fully saturated rings. The monoisotopic (exact) mass is 313 g/mol. The summed E-state index contributed by atoms with van der Waals surface area (Å²) >= 11 is 0. The predicted octanol–water partition coefficient (Wildman–Crippen LogP) is -6.28. The minimum atomic E-state index is -3.12. The van der Waals surface area contributed by atoms with Crippen LogP contribution >= 0.6 is 0 Å². The lowest BCUT2D eigenvalue weighted by Gasteiger charge is -2.46. The van der Waals surface area contributed by atoms with Gasteiger partial charge in [-0.1, -0.05) is 0 Å². The Morgan fingerprint density at radius 2 is 1.71 bits per heavy atom. The Hall–Kier alpha value is -0.890. The van der Waals surface area contributed by atoms with E-state index in [1.54, 1.807) is 0 Å². The van der Waals surface area contributed by atoms with Crippen LogP contribution < -0.4 is 5.73 Å². The first-order valence-corrected chi connectivity index (χ1v) is 5.97. The summed E-state index contributed by atoms with van der Waals surface area (Å²) in [5, 5.41) is 75.7. The number of primary amides is 1. The van der Waals surface area contributed by atoms with Gasteiger partial charge in [-0.25, -0.2) is 0 Å². The van der Waals surface area contributed by atoms with Crippen LogP contribution in [-0.2, 0) is 9.53 Å². The van der Waals surface area contributed by atoms with E-state index in [0.29, 0.717) is 0 Å². The smallest absolute Gasteiger partial charge is 0.280 e. The molecule has 1 amide bonds. The molecule has 11 heteroatoms. The zero-order valence-electron chi connectivity index (χ0n) is 10.7. The Morgan fingerprint density at radius 1 is 1.19 bits per heavy atom. The van der Waals surface area contributed by atoms with E-state index in [4.69, 9.17) is 10.8 Å². The number of hydrogen-bond donors (Lipinski definition) is 9. The maximum Gasteiger partial charge on any atom is 0.280 e. The highest BCUT2D eigenvalue weighted by Crippen LogP contribution is 2.30. The van der Waals surface area contributed by atoms with Gasteiger partial charge in [-0.3, -0.25) is 4.79 Å². The minimum absolute atomic E-state index is 0.938. The molecule has 1 aliphatic heterocycles. The van der Waals surface area contributed by atoms with Crippen LogP contribution in [0.4, 0.5) is 0 Å². The fraction of sp³-hybridized carbons (Fsp3) is 0.900. The van der Waals surface area contributed by atoms with Crippen LogP contribution in [0.2, 0.25) is 0 Å². The van der Waals surface area contributed by atoms with Crippen molar-refractivity contribution in [3.8, 4) is 0 Å². The molecule has 0 spiro atoms. The van der Waals surface area contributed by atoms with Crippen LogP contribution in [0.5, 0.6) is 0 Å².